The fourth-order valence-corrected chi connectivity index (χ4v) is 2.79. The second-order valence-electron chi connectivity index (χ2n) is 6.29. The molecule has 0 heterocycles. The Morgan fingerprint density at radius 3 is 1.77 bits per heavy atom. The molecule has 0 aliphatic heterocycles. The van der Waals surface area contributed by atoms with Crippen molar-refractivity contribution in [3.05, 3.63) is 82.9 Å². The Morgan fingerprint density at radius 2 is 1.35 bits per heavy atom. The lowest BCUT2D eigenvalue weighted by Gasteiger charge is -2.37. The van der Waals surface area contributed by atoms with E-state index in [0.717, 1.165) is 11.1 Å². The lowest BCUT2D eigenvalue weighted by molar-refractivity contribution is -0.317. The summed E-state index contributed by atoms with van der Waals surface area (Å²) in [6.45, 7) is 7.02. The third-order valence-electron chi connectivity index (χ3n) is 4.45. The van der Waals surface area contributed by atoms with E-state index in [1.54, 1.807) is 43.3 Å². The van der Waals surface area contributed by atoms with Crippen LogP contribution in [-0.4, -0.2) is 17.7 Å². The fourth-order valence-electron chi connectivity index (χ4n) is 2.79. The van der Waals surface area contributed by atoms with Crippen LogP contribution in [0.15, 0.2) is 60.7 Å². The van der Waals surface area contributed by atoms with Crippen LogP contribution in [0, 0.1) is 13.8 Å². The van der Waals surface area contributed by atoms with E-state index in [0.29, 0.717) is 0 Å². The van der Waals surface area contributed by atoms with E-state index in [1.807, 2.05) is 6.92 Å². The summed E-state index contributed by atoms with van der Waals surface area (Å²) in [5, 5.41) is 23.5. The SMILES string of the molecule is C=C(C(=O)[O-])C(CC(=O)c1ccc(C)cc1)(C(=O)[O-])c1ccc(C)cc1. The van der Waals surface area contributed by atoms with E-state index < -0.39 is 35.1 Å². The first-order valence-electron chi connectivity index (χ1n) is 7.97. The maximum absolute atomic E-state index is 12.7. The number of rotatable bonds is 7. The lowest BCUT2D eigenvalue weighted by Crippen LogP contribution is -2.52. The van der Waals surface area contributed by atoms with E-state index in [-0.39, 0.29) is 11.1 Å². The zero-order valence-electron chi connectivity index (χ0n) is 14.6. The van der Waals surface area contributed by atoms with E-state index in [1.165, 1.54) is 12.1 Å². The molecule has 0 amide bonds. The molecule has 134 valence electrons. The summed E-state index contributed by atoms with van der Waals surface area (Å²) in [7, 11) is 0. The predicted molar refractivity (Wildman–Crippen MR) is 92.1 cm³/mol. The number of hydrogen-bond donors (Lipinski definition) is 0. The van der Waals surface area contributed by atoms with Crippen molar-refractivity contribution >= 4 is 17.7 Å². The van der Waals surface area contributed by atoms with Crippen LogP contribution >= 0.6 is 0 Å². The monoisotopic (exact) mass is 350 g/mol. The van der Waals surface area contributed by atoms with Crippen molar-refractivity contribution in [2.75, 3.05) is 0 Å². The van der Waals surface area contributed by atoms with Gasteiger partial charge in [0.2, 0.25) is 0 Å². The van der Waals surface area contributed by atoms with Crippen LogP contribution in [0.25, 0.3) is 0 Å². The molecule has 0 bridgehead atoms. The van der Waals surface area contributed by atoms with Crippen molar-refractivity contribution in [3.8, 4) is 0 Å². The number of benzene rings is 2. The number of carbonyl (C=O) groups is 3. The molecule has 2 aromatic carbocycles. The number of hydrogen-bond acceptors (Lipinski definition) is 5. The Morgan fingerprint density at radius 1 is 0.885 bits per heavy atom. The number of carboxylic acid groups (broad SMARTS) is 2. The highest BCUT2D eigenvalue weighted by molar-refractivity contribution is 6.05. The van der Waals surface area contributed by atoms with E-state index in [2.05, 4.69) is 6.58 Å². The minimum Gasteiger partial charge on any atom is -0.549 e. The first kappa shape index (κ1) is 19.1. The highest BCUT2D eigenvalue weighted by Crippen LogP contribution is 2.36. The third-order valence-corrected chi connectivity index (χ3v) is 4.45. The number of carboxylic acids is 2. The number of Topliss-reactive ketones (excluding diaryl/α,β-unsaturated/α-hetero) is 1. The molecule has 26 heavy (non-hydrogen) atoms. The van der Waals surface area contributed by atoms with Crippen molar-refractivity contribution in [3.63, 3.8) is 0 Å². The van der Waals surface area contributed by atoms with Gasteiger partial charge in [0, 0.05) is 12.0 Å². The predicted octanol–water partition coefficient (Wildman–Crippen LogP) is 0.870. The van der Waals surface area contributed by atoms with Crippen molar-refractivity contribution in [2.24, 2.45) is 0 Å². The summed E-state index contributed by atoms with van der Waals surface area (Å²) in [4.78, 5) is 36.2. The largest absolute Gasteiger partial charge is 0.549 e. The zero-order valence-corrected chi connectivity index (χ0v) is 14.6. The molecule has 0 fully saturated rings. The maximum Gasteiger partial charge on any atom is 0.164 e. The molecule has 2 rings (SSSR count). The minimum atomic E-state index is -2.21. The first-order chi connectivity index (χ1) is 12.2. The van der Waals surface area contributed by atoms with Crippen molar-refractivity contribution in [2.45, 2.75) is 25.7 Å². The molecule has 0 saturated heterocycles. The van der Waals surface area contributed by atoms with Crippen LogP contribution in [0.1, 0.15) is 33.5 Å². The molecule has 0 aromatic heterocycles. The van der Waals surface area contributed by atoms with Crippen LogP contribution in [0.2, 0.25) is 0 Å². The highest BCUT2D eigenvalue weighted by atomic mass is 16.4. The summed E-state index contributed by atoms with van der Waals surface area (Å²) in [6, 6.07) is 12.7. The molecule has 5 nitrogen and oxygen atoms in total. The van der Waals surface area contributed by atoms with Gasteiger partial charge in [-0.15, -0.1) is 0 Å². The molecule has 0 aliphatic rings. The van der Waals surface area contributed by atoms with Gasteiger partial charge in [0.05, 0.1) is 17.4 Å². The van der Waals surface area contributed by atoms with Gasteiger partial charge in [0.15, 0.2) is 5.78 Å². The van der Waals surface area contributed by atoms with Gasteiger partial charge in [0.1, 0.15) is 0 Å². The summed E-state index contributed by atoms with van der Waals surface area (Å²) < 4.78 is 0. The molecule has 2 aromatic rings. The second-order valence-corrected chi connectivity index (χ2v) is 6.29. The van der Waals surface area contributed by atoms with Gasteiger partial charge in [-0.25, -0.2) is 0 Å². The second kappa shape index (κ2) is 7.35. The Labute approximate surface area is 151 Å². The number of ketones is 1. The molecular formula is C21H18O5-2. The molecule has 0 radical (unpaired) electrons. The molecular weight excluding hydrogens is 332 g/mol. The highest BCUT2D eigenvalue weighted by Gasteiger charge is 2.40. The Balaban J connectivity index is 2.58. The number of aryl methyl sites for hydroxylation is 2. The van der Waals surface area contributed by atoms with Gasteiger partial charge >= 0.3 is 0 Å². The van der Waals surface area contributed by atoms with Gasteiger partial charge < -0.3 is 19.8 Å². The topological polar surface area (TPSA) is 97.3 Å². The molecule has 5 heteroatoms. The van der Waals surface area contributed by atoms with Gasteiger partial charge in [-0.1, -0.05) is 66.2 Å². The molecule has 0 spiro atoms. The molecule has 0 saturated carbocycles. The maximum atomic E-state index is 12.7. The normalized spacial score (nSPS) is 12.8. The smallest absolute Gasteiger partial charge is 0.164 e. The first-order valence-corrected chi connectivity index (χ1v) is 7.97. The Hall–Kier alpha value is -3.21. The average molecular weight is 350 g/mol. The zero-order chi connectivity index (χ0) is 19.5. The van der Waals surface area contributed by atoms with Gasteiger partial charge in [-0.3, -0.25) is 4.79 Å². The van der Waals surface area contributed by atoms with Gasteiger partial charge in [0.25, 0.3) is 0 Å². The Kier molecular flexibility index (Phi) is 5.41. The molecule has 0 aliphatic carbocycles. The third kappa shape index (κ3) is 3.57. The van der Waals surface area contributed by atoms with Crippen LogP contribution < -0.4 is 10.2 Å². The summed E-state index contributed by atoms with van der Waals surface area (Å²) >= 11 is 0. The molecule has 0 N–H and O–H groups in total. The van der Waals surface area contributed by atoms with Crippen molar-refractivity contribution in [1.29, 1.82) is 0 Å². The standard InChI is InChI=1S/C21H20O5/c1-13-4-8-16(9-5-13)18(22)12-21(20(25)26,15(3)19(23)24)17-10-6-14(2)7-11-17/h4-11H,3,12H2,1-2H3,(H,23,24)(H,25,26)/p-2. The van der Waals surface area contributed by atoms with Crippen LogP contribution in [0.3, 0.4) is 0 Å². The van der Waals surface area contributed by atoms with Crippen LogP contribution in [0.4, 0.5) is 0 Å². The molecule has 1 unspecified atom stereocenters. The Bertz CT molecular complexity index is 862. The lowest BCUT2D eigenvalue weighted by atomic mass is 9.70. The number of aliphatic carboxylic acids is 2. The van der Waals surface area contributed by atoms with E-state index in [4.69, 9.17) is 0 Å². The van der Waals surface area contributed by atoms with Crippen LogP contribution in [-0.2, 0) is 15.0 Å². The van der Waals surface area contributed by atoms with Gasteiger partial charge in [-0.2, -0.15) is 0 Å². The average Bonchev–Trinajstić information content (AvgIpc) is 2.60. The molecule has 1 atom stereocenters. The van der Waals surface area contributed by atoms with Gasteiger partial charge in [-0.05, 0) is 25.0 Å². The quantitative estimate of drug-likeness (QED) is 0.545. The summed E-state index contributed by atoms with van der Waals surface area (Å²) in [6.07, 6.45) is -0.631. The van der Waals surface area contributed by atoms with Crippen molar-refractivity contribution < 1.29 is 24.6 Å². The summed E-state index contributed by atoms with van der Waals surface area (Å²) in [5.41, 5.74) is -0.761. The minimum absolute atomic E-state index is 0.109. The number of carbonyl (C=O) groups excluding carboxylic acids is 3. The van der Waals surface area contributed by atoms with E-state index in [9.17, 15) is 24.6 Å². The summed E-state index contributed by atoms with van der Waals surface area (Å²) in [5.74, 6) is -3.99. The fraction of sp³-hybridized carbons (Fsp3) is 0.190. The van der Waals surface area contributed by atoms with Crippen molar-refractivity contribution in [1.82, 2.24) is 0 Å². The van der Waals surface area contributed by atoms with E-state index >= 15 is 0 Å². The van der Waals surface area contributed by atoms with Crippen LogP contribution in [0.5, 0.6) is 0 Å².